The van der Waals surface area contributed by atoms with Crippen LogP contribution in [0, 0.1) is 5.92 Å². The van der Waals surface area contributed by atoms with E-state index in [-0.39, 0.29) is 0 Å². The van der Waals surface area contributed by atoms with Gasteiger partial charge in [-0.15, -0.1) is 0 Å². The van der Waals surface area contributed by atoms with Crippen LogP contribution in [0.4, 0.5) is 4.79 Å². The summed E-state index contributed by atoms with van der Waals surface area (Å²) in [5, 5.41) is 0. The van der Waals surface area contributed by atoms with Gasteiger partial charge in [0.25, 0.3) is 0 Å². The number of carbonyl (C=O) groups excluding carboxylic acids is 1. The maximum absolute atomic E-state index is 13.0. The zero-order valence-corrected chi connectivity index (χ0v) is 16.6. The van der Waals surface area contributed by atoms with Gasteiger partial charge in [0.05, 0.1) is 23.3 Å². The van der Waals surface area contributed by atoms with Crippen molar-refractivity contribution >= 4 is 17.1 Å². The number of hydrogen-bond acceptors (Lipinski definition) is 5. The number of rotatable bonds is 6. The molecule has 0 bridgehead atoms. The van der Waals surface area contributed by atoms with E-state index < -0.39 is 11.7 Å². The van der Waals surface area contributed by atoms with Crippen LogP contribution in [0.15, 0.2) is 31.1 Å². The minimum atomic E-state index is -0.575. The molecule has 0 unspecified atom stereocenters. The van der Waals surface area contributed by atoms with Gasteiger partial charge >= 0.3 is 6.09 Å². The molecular formula is C21H30N4O2. The zero-order valence-electron chi connectivity index (χ0n) is 16.6. The first kappa shape index (κ1) is 19.4. The van der Waals surface area contributed by atoms with Crippen molar-refractivity contribution in [3.8, 4) is 0 Å². The van der Waals surface area contributed by atoms with Crippen molar-refractivity contribution in [2.45, 2.75) is 58.7 Å². The molecule has 1 aliphatic carbocycles. The van der Waals surface area contributed by atoms with Crippen molar-refractivity contribution in [2.24, 2.45) is 11.7 Å². The van der Waals surface area contributed by atoms with Gasteiger partial charge in [-0.25, -0.2) is 9.36 Å². The number of nitrogens with zero attached hydrogens (tertiary/aromatic N) is 3. The molecule has 0 spiro atoms. The number of fused-ring (bicyclic) bond motifs is 1. The van der Waals surface area contributed by atoms with Crippen molar-refractivity contribution < 1.29 is 9.53 Å². The van der Waals surface area contributed by atoms with Gasteiger partial charge in [0.15, 0.2) is 0 Å². The Balaban J connectivity index is 1.97. The van der Waals surface area contributed by atoms with Gasteiger partial charge < -0.3 is 15.4 Å². The van der Waals surface area contributed by atoms with E-state index in [2.05, 4.69) is 16.5 Å². The fourth-order valence-corrected chi connectivity index (χ4v) is 3.34. The molecule has 6 nitrogen and oxygen atoms in total. The summed E-state index contributed by atoms with van der Waals surface area (Å²) in [5.74, 6) is 0.712. The number of hydrogen-bond donors (Lipinski definition) is 1. The average Bonchev–Trinajstić information content (AvgIpc) is 2.92. The van der Waals surface area contributed by atoms with Gasteiger partial charge in [0.1, 0.15) is 5.60 Å². The molecule has 2 heterocycles. The summed E-state index contributed by atoms with van der Waals surface area (Å²) < 4.78 is 7.28. The van der Waals surface area contributed by atoms with Crippen LogP contribution in [0.25, 0.3) is 11.0 Å². The molecule has 0 aromatic carbocycles. The molecule has 146 valence electrons. The number of carbonyl (C=O) groups is 1. The lowest BCUT2D eigenvalue weighted by atomic mass is 9.85. The molecule has 1 saturated carbocycles. The molecule has 0 radical (unpaired) electrons. The van der Waals surface area contributed by atoms with Crippen molar-refractivity contribution in [3.63, 3.8) is 0 Å². The highest BCUT2D eigenvalue weighted by Crippen LogP contribution is 2.28. The Morgan fingerprint density at radius 3 is 2.74 bits per heavy atom. The van der Waals surface area contributed by atoms with E-state index in [1.54, 1.807) is 10.8 Å². The molecule has 2 aromatic heterocycles. The molecular weight excluding hydrogens is 340 g/mol. The smallest absolute Gasteiger partial charge is 0.419 e. The lowest BCUT2D eigenvalue weighted by Gasteiger charge is -2.31. The Labute approximate surface area is 161 Å². The normalized spacial score (nSPS) is 14.8. The Morgan fingerprint density at radius 1 is 1.44 bits per heavy atom. The minimum absolute atomic E-state index is 0.373. The fraction of sp³-hybridized carbons (Fsp3) is 0.524. The van der Waals surface area contributed by atoms with Crippen molar-refractivity contribution in [1.29, 1.82) is 0 Å². The summed E-state index contributed by atoms with van der Waals surface area (Å²) >= 11 is 0. The van der Waals surface area contributed by atoms with E-state index in [1.165, 1.54) is 19.3 Å². The van der Waals surface area contributed by atoms with Crippen molar-refractivity contribution in [2.75, 3.05) is 6.54 Å². The van der Waals surface area contributed by atoms with Crippen LogP contribution in [0.2, 0.25) is 0 Å². The van der Waals surface area contributed by atoms with Crippen LogP contribution >= 0.6 is 0 Å². The molecule has 6 heteroatoms. The Morgan fingerprint density at radius 2 is 2.19 bits per heavy atom. The second kappa shape index (κ2) is 7.72. The third-order valence-corrected chi connectivity index (χ3v) is 4.94. The zero-order chi connectivity index (χ0) is 19.6. The summed E-state index contributed by atoms with van der Waals surface area (Å²) in [5.41, 5.74) is 8.42. The van der Waals surface area contributed by atoms with E-state index in [4.69, 9.17) is 10.5 Å². The first-order valence-electron chi connectivity index (χ1n) is 9.60. The molecule has 2 N–H and O–H groups in total. The number of pyridine rings is 1. The molecule has 3 rings (SSSR count). The molecule has 1 aliphatic rings. The SMILES string of the molecule is C=CN(Cc1cc2ncc(CN)cc2n1C(=O)OC(C)(C)C)CC1CCC1. The molecule has 0 amide bonds. The van der Waals surface area contributed by atoms with E-state index in [9.17, 15) is 4.79 Å². The number of ether oxygens (including phenoxy) is 1. The van der Waals surface area contributed by atoms with Crippen LogP contribution in [0.1, 0.15) is 51.3 Å². The first-order valence-corrected chi connectivity index (χ1v) is 9.60. The molecule has 0 saturated heterocycles. The second-order valence-electron chi connectivity index (χ2n) is 8.31. The largest absolute Gasteiger partial charge is 0.443 e. The van der Waals surface area contributed by atoms with Crippen LogP contribution < -0.4 is 5.73 Å². The van der Waals surface area contributed by atoms with E-state index >= 15 is 0 Å². The molecule has 0 atom stereocenters. The predicted octanol–water partition coefficient (Wildman–Crippen LogP) is 4.02. The van der Waals surface area contributed by atoms with Crippen molar-refractivity contribution in [3.05, 3.63) is 42.4 Å². The summed E-state index contributed by atoms with van der Waals surface area (Å²) in [6.45, 7) is 11.5. The summed E-state index contributed by atoms with van der Waals surface area (Å²) in [6.07, 6.45) is 7.05. The molecule has 0 aliphatic heterocycles. The maximum atomic E-state index is 13.0. The molecule has 27 heavy (non-hydrogen) atoms. The lowest BCUT2D eigenvalue weighted by Crippen LogP contribution is -2.31. The second-order valence-corrected chi connectivity index (χ2v) is 8.31. The van der Waals surface area contributed by atoms with Crippen LogP contribution in [-0.4, -0.2) is 32.7 Å². The van der Waals surface area contributed by atoms with E-state index in [0.717, 1.165) is 28.8 Å². The van der Waals surface area contributed by atoms with Gasteiger partial charge in [-0.2, -0.15) is 0 Å². The number of aromatic nitrogens is 2. The Bertz CT molecular complexity index is 831. The fourth-order valence-electron chi connectivity index (χ4n) is 3.34. The lowest BCUT2D eigenvalue weighted by molar-refractivity contribution is 0.0537. The quantitative estimate of drug-likeness (QED) is 0.831. The van der Waals surface area contributed by atoms with Crippen LogP contribution in [-0.2, 0) is 17.8 Å². The Hall–Kier alpha value is -2.34. The highest BCUT2D eigenvalue weighted by Gasteiger charge is 2.25. The van der Waals surface area contributed by atoms with Gasteiger partial charge in [0, 0.05) is 19.3 Å². The minimum Gasteiger partial charge on any atom is -0.443 e. The van der Waals surface area contributed by atoms with E-state index in [1.807, 2.05) is 39.1 Å². The highest BCUT2D eigenvalue weighted by molar-refractivity contribution is 5.89. The van der Waals surface area contributed by atoms with Crippen molar-refractivity contribution in [1.82, 2.24) is 14.5 Å². The van der Waals surface area contributed by atoms with Crippen LogP contribution in [0.5, 0.6) is 0 Å². The molecule has 2 aromatic rings. The van der Waals surface area contributed by atoms with E-state index in [0.29, 0.717) is 19.0 Å². The molecule has 1 fully saturated rings. The standard InChI is InChI=1S/C21H30N4O2/c1-5-24(13-15-7-6-8-15)14-17-10-18-19(9-16(11-22)12-23-18)25(17)20(26)27-21(2,3)4/h5,9-10,12,15H,1,6-8,11,13-14,22H2,2-4H3. The van der Waals surface area contributed by atoms with Crippen LogP contribution in [0.3, 0.4) is 0 Å². The first-order chi connectivity index (χ1) is 12.8. The monoisotopic (exact) mass is 370 g/mol. The van der Waals surface area contributed by atoms with Gasteiger partial charge in [0.2, 0.25) is 0 Å². The average molecular weight is 370 g/mol. The van der Waals surface area contributed by atoms with Gasteiger partial charge in [-0.05, 0) is 63.4 Å². The third kappa shape index (κ3) is 4.50. The summed E-state index contributed by atoms with van der Waals surface area (Å²) in [4.78, 5) is 19.6. The third-order valence-electron chi connectivity index (χ3n) is 4.94. The Kier molecular flexibility index (Phi) is 5.56. The van der Waals surface area contributed by atoms with Gasteiger partial charge in [-0.3, -0.25) is 4.98 Å². The topological polar surface area (TPSA) is 73.4 Å². The number of nitrogens with two attached hydrogens (primary N) is 1. The van der Waals surface area contributed by atoms with Gasteiger partial charge in [-0.1, -0.05) is 13.0 Å². The maximum Gasteiger partial charge on any atom is 0.419 e. The predicted molar refractivity (Wildman–Crippen MR) is 107 cm³/mol. The summed E-state index contributed by atoms with van der Waals surface area (Å²) in [7, 11) is 0. The summed E-state index contributed by atoms with van der Waals surface area (Å²) in [6, 6.07) is 3.87. The highest BCUT2D eigenvalue weighted by atomic mass is 16.6.